The number of nitrogens with one attached hydrogen (secondary N) is 2. The number of hydrogen-bond acceptors (Lipinski definition) is 5. The minimum Gasteiger partial charge on any atom is -0.465 e. The molecule has 2 N–H and O–H groups in total. The number of furan rings is 1. The summed E-state index contributed by atoms with van der Waals surface area (Å²) in [5.41, 5.74) is 2.21. The lowest BCUT2D eigenvalue weighted by molar-refractivity contribution is -0.132. The highest BCUT2D eigenvalue weighted by molar-refractivity contribution is 8.26. The number of thioether (sulfide) groups is 1. The fourth-order valence-corrected chi connectivity index (χ4v) is 4.64. The molecular formula is C21H19N3O3S2. The van der Waals surface area contributed by atoms with Gasteiger partial charge in [0.1, 0.15) is 16.1 Å². The van der Waals surface area contributed by atoms with Crippen LogP contribution in [0, 0.1) is 0 Å². The number of aromatic nitrogens is 1. The van der Waals surface area contributed by atoms with E-state index in [0.29, 0.717) is 28.0 Å². The molecule has 2 amide bonds. The van der Waals surface area contributed by atoms with Crippen molar-refractivity contribution in [1.82, 2.24) is 15.2 Å². The van der Waals surface area contributed by atoms with Crippen molar-refractivity contribution in [3.8, 4) is 0 Å². The van der Waals surface area contributed by atoms with Crippen molar-refractivity contribution >= 4 is 57.1 Å². The lowest BCUT2D eigenvalue weighted by Crippen LogP contribution is -2.47. The Labute approximate surface area is 177 Å². The zero-order valence-electron chi connectivity index (χ0n) is 15.7. The number of para-hydroxylation sites is 1. The van der Waals surface area contributed by atoms with Crippen molar-refractivity contribution in [3.63, 3.8) is 0 Å². The summed E-state index contributed by atoms with van der Waals surface area (Å²) in [6.45, 7) is 2.16. The summed E-state index contributed by atoms with van der Waals surface area (Å²) in [6, 6.07) is 10.9. The largest absolute Gasteiger partial charge is 0.465 e. The number of thiocarbonyl (C=S) groups is 1. The molecule has 3 heterocycles. The minimum absolute atomic E-state index is 0.236. The number of benzene rings is 1. The average molecular weight is 426 g/mol. The normalized spacial score (nSPS) is 16.7. The van der Waals surface area contributed by atoms with Crippen LogP contribution >= 0.6 is 24.0 Å². The van der Waals surface area contributed by atoms with Gasteiger partial charge in [0.25, 0.3) is 5.91 Å². The van der Waals surface area contributed by atoms with Gasteiger partial charge in [-0.05, 0) is 37.1 Å². The van der Waals surface area contributed by atoms with Crippen LogP contribution in [0.1, 0.15) is 18.2 Å². The molecule has 6 nitrogen and oxygen atoms in total. The molecule has 29 heavy (non-hydrogen) atoms. The van der Waals surface area contributed by atoms with Crippen LogP contribution in [-0.2, 0) is 16.0 Å². The Morgan fingerprint density at radius 2 is 2.17 bits per heavy atom. The molecule has 1 unspecified atom stereocenters. The van der Waals surface area contributed by atoms with Gasteiger partial charge in [-0.25, -0.2) is 0 Å². The maximum absolute atomic E-state index is 12.7. The Morgan fingerprint density at radius 3 is 2.97 bits per heavy atom. The predicted octanol–water partition coefficient (Wildman–Crippen LogP) is 3.71. The van der Waals surface area contributed by atoms with E-state index in [1.54, 1.807) is 25.1 Å². The summed E-state index contributed by atoms with van der Waals surface area (Å²) < 4.78 is 5.62. The van der Waals surface area contributed by atoms with E-state index in [0.717, 1.165) is 16.5 Å². The van der Waals surface area contributed by atoms with Crippen LogP contribution in [0.4, 0.5) is 0 Å². The third-order valence-corrected chi connectivity index (χ3v) is 6.11. The first-order valence-electron chi connectivity index (χ1n) is 9.18. The molecule has 0 spiro atoms. The molecule has 1 aliphatic rings. The predicted molar refractivity (Wildman–Crippen MR) is 118 cm³/mol. The lowest BCUT2D eigenvalue weighted by Gasteiger charge is -2.22. The van der Waals surface area contributed by atoms with Crippen molar-refractivity contribution in [2.24, 2.45) is 0 Å². The van der Waals surface area contributed by atoms with E-state index in [-0.39, 0.29) is 11.8 Å². The van der Waals surface area contributed by atoms with E-state index in [4.69, 9.17) is 16.6 Å². The highest BCUT2D eigenvalue weighted by Crippen LogP contribution is 2.34. The summed E-state index contributed by atoms with van der Waals surface area (Å²) in [4.78, 5) is 30.4. The Hall–Kier alpha value is -2.84. The van der Waals surface area contributed by atoms with Crippen molar-refractivity contribution < 1.29 is 14.0 Å². The first kappa shape index (κ1) is 19.5. The third kappa shape index (κ3) is 3.99. The Kier molecular flexibility index (Phi) is 5.55. The second-order valence-corrected chi connectivity index (χ2v) is 8.32. The number of hydrogen-bond donors (Lipinski definition) is 2. The molecule has 1 fully saturated rings. The first-order chi connectivity index (χ1) is 14.0. The fraction of sp³-hybridized carbons (Fsp3) is 0.190. The molecule has 1 aliphatic heterocycles. The summed E-state index contributed by atoms with van der Waals surface area (Å²) >= 11 is 6.50. The van der Waals surface area contributed by atoms with Crippen LogP contribution in [0.15, 0.2) is 58.2 Å². The number of rotatable bonds is 6. The molecule has 1 aromatic carbocycles. The van der Waals surface area contributed by atoms with Crippen molar-refractivity contribution in [3.05, 3.63) is 65.1 Å². The zero-order chi connectivity index (χ0) is 20.4. The summed E-state index contributed by atoms with van der Waals surface area (Å²) in [7, 11) is 0. The number of amides is 2. The third-order valence-electron chi connectivity index (χ3n) is 4.78. The highest BCUT2D eigenvalue weighted by Gasteiger charge is 2.38. The standard InChI is InChI=1S/C21H19N3O3S2/c1-13(24-20(26)18(29-21(24)28)11-15-5-4-10-27-15)19(25)22-9-8-14-12-23-17-7-3-2-6-16(14)17/h2-7,10-13,23H,8-9H2,1H3,(H,22,25). The molecule has 0 radical (unpaired) electrons. The Morgan fingerprint density at radius 1 is 1.34 bits per heavy atom. The molecule has 0 saturated carbocycles. The molecular weight excluding hydrogens is 406 g/mol. The summed E-state index contributed by atoms with van der Waals surface area (Å²) in [6.07, 6.45) is 5.83. The van der Waals surface area contributed by atoms with Gasteiger partial charge in [0, 0.05) is 29.7 Å². The molecule has 2 aromatic heterocycles. The molecule has 1 atom stereocenters. The van der Waals surface area contributed by atoms with Crippen molar-refractivity contribution in [2.75, 3.05) is 6.54 Å². The first-order valence-corrected chi connectivity index (χ1v) is 10.4. The lowest BCUT2D eigenvalue weighted by atomic mass is 10.1. The summed E-state index contributed by atoms with van der Waals surface area (Å²) in [5, 5.41) is 4.06. The van der Waals surface area contributed by atoms with Gasteiger partial charge >= 0.3 is 0 Å². The topological polar surface area (TPSA) is 78.3 Å². The maximum atomic E-state index is 12.7. The molecule has 1 saturated heterocycles. The van der Waals surface area contributed by atoms with Gasteiger partial charge in [0.15, 0.2) is 0 Å². The van der Waals surface area contributed by atoms with Crippen LogP contribution in [0.2, 0.25) is 0 Å². The zero-order valence-corrected chi connectivity index (χ0v) is 17.3. The van der Waals surface area contributed by atoms with E-state index < -0.39 is 6.04 Å². The number of nitrogens with zero attached hydrogens (tertiary/aromatic N) is 1. The Balaban J connectivity index is 1.37. The van der Waals surface area contributed by atoms with Crippen molar-refractivity contribution in [1.29, 1.82) is 0 Å². The second-order valence-electron chi connectivity index (χ2n) is 6.64. The van der Waals surface area contributed by atoms with Crippen molar-refractivity contribution in [2.45, 2.75) is 19.4 Å². The van der Waals surface area contributed by atoms with Gasteiger partial charge in [-0.1, -0.05) is 42.2 Å². The van der Waals surface area contributed by atoms with Crippen LogP contribution in [0.3, 0.4) is 0 Å². The fourth-order valence-electron chi connectivity index (χ4n) is 3.24. The van der Waals surface area contributed by atoms with Gasteiger partial charge in [0.05, 0.1) is 11.2 Å². The van der Waals surface area contributed by atoms with Crippen LogP contribution in [0.25, 0.3) is 17.0 Å². The highest BCUT2D eigenvalue weighted by atomic mass is 32.2. The van der Waals surface area contributed by atoms with E-state index >= 15 is 0 Å². The minimum atomic E-state index is -0.687. The van der Waals surface area contributed by atoms with Gasteiger partial charge < -0.3 is 14.7 Å². The number of aromatic amines is 1. The molecule has 4 rings (SSSR count). The van der Waals surface area contributed by atoms with Crippen LogP contribution in [0.5, 0.6) is 0 Å². The van der Waals surface area contributed by atoms with Gasteiger partial charge in [0.2, 0.25) is 5.91 Å². The van der Waals surface area contributed by atoms with Gasteiger partial charge in [-0.2, -0.15) is 0 Å². The molecule has 3 aromatic rings. The van der Waals surface area contributed by atoms with E-state index in [9.17, 15) is 9.59 Å². The second kappa shape index (κ2) is 8.26. The van der Waals surface area contributed by atoms with Crippen LogP contribution in [-0.4, -0.2) is 38.6 Å². The summed E-state index contributed by atoms with van der Waals surface area (Å²) in [5.74, 6) is 0.0532. The quantitative estimate of drug-likeness (QED) is 0.465. The average Bonchev–Trinajstić information content (AvgIpc) is 3.43. The monoisotopic (exact) mass is 425 g/mol. The SMILES string of the molecule is CC(C(=O)NCCc1c[nH]c2ccccc12)N1C(=O)C(=Cc2ccco2)SC1=S. The molecule has 8 heteroatoms. The smallest absolute Gasteiger partial charge is 0.267 e. The number of carbonyl (C=O) groups excluding carboxylic acids is 2. The molecule has 0 bridgehead atoms. The van der Waals surface area contributed by atoms with Gasteiger partial charge in [-0.3, -0.25) is 14.5 Å². The van der Waals surface area contributed by atoms with Gasteiger partial charge in [-0.15, -0.1) is 0 Å². The number of H-pyrrole nitrogens is 1. The maximum Gasteiger partial charge on any atom is 0.267 e. The molecule has 0 aliphatic carbocycles. The van der Waals surface area contributed by atoms with E-state index in [1.807, 2.05) is 24.4 Å². The molecule has 148 valence electrons. The Bertz CT molecular complexity index is 1100. The number of carbonyl (C=O) groups is 2. The van der Waals surface area contributed by atoms with E-state index in [2.05, 4.69) is 16.4 Å². The number of fused-ring (bicyclic) bond motifs is 1. The van der Waals surface area contributed by atoms with Crippen LogP contribution < -0.4 is 5.32 Å². The van der Waals surface area contributed by atoms with E-state index in [1.165, 1.54) is 22.9 Å².